The van der Waals surface area contributed by atoms with Crippen LogP contribution in [0.25, 0.3) is 0 Å². The largest absolute Gasteiger partial charge is 0.479 e. The number of nitrogens with zero attached hydrogens (tertiary/aromatic N) is 1. The second-order valence-electron chi connectivity index (χ2n) is 9.64. The first-order valence-corrected chi connectivity index (χ1v) is 13.2. The minimum Gasteiger partial charge on any atom is -0.479 e. The van der Waals surface area contributed by atoms with E-state index >= 15 is 0 Å². The van der Waals surface area contributed by atoms with Crippen LogP contribution in [0.4, 0.5) is 13.2 Å². The second kappa shape index (κ2) is 15.7. The van der Waals surface area contributed by atoms with Crippen LogP contribution >= 0.6 is 0 Å². The fourth-order valence-electron chi connectivity index (χ4n) is 4.35. The first-order chi connectivity index (χ1) is 20.0. The lowest BCUT2D eigenvalue weighted by Crippen LogP contribution is -2.39. The summed E-state index contributed by atoms with van der Waals surface area (Å²) in [5.41, 5.74) is 2.07. The Labute approximate surface area is 240 Å². The van der Waals surface area contributed by atoms with Crippen LogP contribution in [0.5, 0.6) is 5.75 Å². The first-order valence-electron chi connectivity index (χ1n) is 13.2. The van der Waals surface area contributed by atoms with Crippen molar-refractivity contribution in [1.82, 2.24) is 4.90 Å². The van der Waals surface area contributed by atoms with E-state index in [2.05, 4.69) is 11.0 Å². The molecule has 0 spiro atoms. The molecule has 3 aromatic rings. The zero-order valence-corrected chi connectivity index (χ0v) is 22.6. The normalized spacial score (nSPS) is 14.8. The number of halogens is 3. The molecule has 3 aromatic carbocycles. The van der Waals surface area contributed by atoms with Gasteiger partial charge >= 0.3 is 11.9 Å². The summed E-state index contributed by atoms with van der Waals surface area (Å²) in [6, 6.07) is 19.2. The topological polar surface area (TPSA) is 128 Å². The first kappa shape index (κ1) is 32.3. The van der Waals surface area contributed by atoms with Crippen molar-refractivity contribution in [2.24, 2.45) is 0 Å². The summed E-state index contributed by atoms with van der Waals surface area (Å²) in [7, 11) is 0. The Balaban J connectivity index is 0.000000416. The van der Waals surface area contributed by atoms with Gasteiger partial charge in [-0.05, 0) is 85.1 Å². The van der Waals surface area contributed by atoms with Gasteiger partial charge in [-0.15, -0.1) is 0 Å². The van der Waals surface area contributed by atoms with Crippen molar-refractivity contribution in [3.05, 3.63) is 113 Å². The number of aliphatic hydroxyl groups excluding tert-OH is 2. The molecule has 2 atom stereocenters. The van der Waals surface area contributed by atoms with Crippen LogP contribution in [0.3, 0.4) is 0 Å². The third kappa shape index (κ3) is 10.0. The van der Waals surface area contributed by atoms with Crippen molar-refractivity contribution in [3.8, 4) is 5.75 Å². The smallest absolute Gasteiger partial charge is 0.335 e. The minimum absolute atomic E-state index is 0.0916. The monoisotopic (exact) mass is 587 g/mol. The Kier molecular flexibility index (Phi) is 12.1. The van der Waals surface area contributed by atoms with E-state index in [1.165, 1.54) is 36.4 Å². The molecule has 0 aliphatic carbocycles. The van der Waals surface area contributed by atoms with E-state index in [0.29, 0.717) is 5.75 Å². The predicted octanol–water partition coefficient (Wildman–Crippen LogP) is 4.56. The Bertz CT molecular complexity index is 1270. The zero-order chi connectivity index (χ0) is 30.6. The predicted molar refractivity (Wildman–Crippen MR) is 147 cm³/mol. The fourth-order valence-corrected chi connectivity index (χ4v) is 4.35. The minimum atomic E-state index is -2.27. The van der Waals surface area contributed by atoms with Gasteiger partial charge in [0.1, 0.15) is 29.0 Å². The summed E-state index contributed by atoms with van der Waals surface area (Å²) < 4.78 is 45.7. The number of aliphatic carboxylic acids is 2. The van der Waals surface area contributed by atoms with Gasteiger partial charge < -0.3 is 25.2 Å². The van der Waals surface area contributed by atoms with Crippen LogP contribution in [-0.2, 0) is 9.59 Å². The van der Waals surface area contributed by atoms with E-state index in [1.807, 2.05) is 24.3 Å². The molecule has 224 valence electrons. The van der Waals surface area contributed by atoms with Crippen LogP contribution in [0.1, 0.15) is 36.3 Å². The fraction of sp³-hybridized carbons (Fsp3) is 0.290. The quantitative estimate of drug-likeness (QED) is 0.257. The molecule has 1 heterocycles. The lowest BCUT2D eigenvalue weighted by molar-refractivity contribution is -0.165. The SMILES string of the molecule is Fc1ccc(OC2=CCN(CCCC(c3ccc(F)cc3)c3ccc(F)cc3)CC2)cc1.O=C(O)C(O)C(O)C(=O)O. The van der Waals surface area contributed by atoms with Gasteiger partial charge in [-0.25, -0.2) is 22.8 Å². The standard InChI is InChI=1S/C27H26F3NO.C4H6O6/c28-22-7-3-20(4-8-22)27(21-5-9-23(29)10-6-21)2-1-17-31-18-15-26(16-19-31)32-25-13-11-24(30)12-14-25;5-1(3(7)8)2(6)4(9)10/h3-15,27H,1-2,16-19H2;1-2,5-6H,(H,7,8)(H,9,10). The Morgan fingerprint density at radius 3 is 1.62 bits per heavy atom. The molecule has 0 amide bonds. The molecular weight excluding hydrogens is 555 g/mol. The van der Waals surface area contributed by atoms with Crippen molar-refractivity contribution in [2.45, 2.75) is 37.4 Å². The molecule has 0 bridgehead atoms. The molecule has 11 heteroatoms. The molecule has 1 aliphatic rings. The Hall–Kier alpha value is -4.19. The number of hydrogen-bond acceptors (Lipinski definition) is 6. The lowest BCUT2D eigenvalue weighted by Gasteiger charge is -2.27. The molecule has 0 fully saturated rings. The van der Waals surface area contributed by atoms with Gasteiger partial charge in [0, 0.05) is 25.4 Å². The van der Waals surface area contributed by atoms with Gasteiger partial charge in [0.15, 0.2) is 12.2 Å². The summed E-state index contributed by atoms with van der Waals surface area (Å²) in [5, 5.41) is 32.5. The summed E-state index contributed by atoms with van der Waals surface area (Å²) in [5.74, 6) is -2.69. The highest BCUT2D eigenvalue weighted by molar-refractivity contribution is 5.83. The Morgan fingerprint density at radius 1 is 0.762 bits per heavy atom. The third-order valence-corrected chi connectivity index (χ3v) is 6.63. The summed E-state index contributed by atoms with van der Waals surface area (Å²) >= 11 is 0. The highest BCUT2D eigenvalue weighted by Crippen LogP contribution is 2.30. The zero-order valence-electron chi connectivity index (χ0n) is 22.6. The van der Waals surface area contributed by atoms with Gasteiger partial charge in [-0.3, -0.25) is 4.90 Å². The van der Waals surface area contributed by atoms with Gasteiger partial charge in [-0.1, -0.05) is 24.3 Å². The highest BCUT2D eigenvalue weighted by Gasteiger charge is 2.29. The molecule has 0 aromatic heterocycles. The number of hydrogen-bond donors (Lipinski definition) is 4. The Morgan fingerprint density at radius 2 is 1.21 bits per heavy atom. The molecule has 8 nitrogen and oxygen atoms in total. The van der Waals surface area contributed by atoms with E-state index in [9.17, 15) is 22.8 Å². The molecule has 4 rings (SSSR count). The number of aliphatic hydroxyl groups is 2. The van der Waals surface area contributed by atoms with Crippen LogP contribution in [0, 0.1) is 17.5 Å². The summed E-state index contributed by atoms with van der Waals surface area (Å²) in [6.45, 7) is 2.62. The molecule has 0 saturated carbocycles. The number of rotatable bonds is 11. The van der Waals surface area contributed by atoms with Gasteiger partial charge in [-0.2, -0.15) is 0 Å². The van der Waals surface area contributed by atoms with Crippen LogP contribution in [0.15, 0.2) is 84.6 Å². The molecule has 4 N–H and O–H groups in total. The number of ether oxygens (including phenoxy) is 1. The van der Waals surface area contributed by atoms with Crippen LogP contribution < -0.4 is 4.74 Å². The van der Waals surface area contributed by atoms with Crippen LogP contribution in [-0.4, -0.2) is 69.1 Å². The van der Waals surface area contributed by atoms with Crippen molar-refractivity contribution in [2.75, 3.05) is 19.6 Å². The number of carboxylic acid groups (broad SMARTS) is 2. The maximum absolute atomic E-state index is 13.4. The molecular formula is C31H32F3NO7. The number of carbonyl (C=O) groups is 2. The summed E-state index contributed by atoms with van der Waals surface area (Å²) in [6.07, 6.45) is 0.189. The maximum Gasteiger partial charge on any atom is 0.335 e. The average Bonchev–Trinajstić information content (AvgIpc) is 2.98. The highest BCUT2D eigenvalue weighted by atomic mass is 19.1. The van der Waals surface area contributed by atoms with Crippen molar-refractivity contribution in [3.63, 3.8) is 0 Å². The third-order valence-electron chi connectivity index (χ3n) is 6.63. The average molecular weight is 588 g/mol. The molecule has 0 saturated heterocycles. The molecule has 1 aliphatic heterocycles. The van der Waals surface area contributed by atoms with Crippen molar-refractivity contribution < 1.29 is 47.9 Å². The van der Waals surface area contributed by atoms with E-state index in [1.54, 1.807) is 12.1 Å². The second-order valence-corrected chi connectivity index (χ2v) is 9.64. The van der Waals surface area contributed by atoms with Crippen LogP contribution in [0.2, 0.25) is 0 Å². The molecule has 2 unspecified atom stereocenters. The number of carboxylic acids is 2. The van der Waals surface area contributed by atoms with Crippen molar-refractivity contribution in [1.29, 1.82) is 0 Å². The number of benzene rings is 3. The summed E-state index contributed by atoms with van der Waals surface area (Å²) in [4.78, 5) is 21.9. The van der Waals surface area contributed by atoms with E-state index in [0.717, 1.165) is 55.8 Å². The maximum atomic E-state index is 13.4. The van der Waals surface area contributed by atoms with Gasteiger partial charge in [0.2, 0.25) is 0 Å². The van der Waals surface area contributed by atoms with E-state index in [4.69, 9.17) is 25.2 Å². The van der Waals surface area contributed by atoms with Gasteiger partial charge in [0.25, 0.3) is 0 Å². The lowest BCUT2D eigenvalue weighted by atomic mass is 9.87. The molecule has 0 radical (unpaired) electrons. The van der Waals surface area contributed by atoms with Crippen molar-refractivity contribution >= 4 is 11.9 Å². The molecule has 42 heavy (non-hydrogen) atoms. The van der Waals surface area contributed by atoms with E-state index in [-0.39, 0.29) is 23.4 Å². The van der Waals surface area contributed by atoms with E-state index < -0.39 is 24.1 Å². The van der Waals surface area contributed by atoms with Gasteiger partial charge in [0.05, 0.1) is 0 Å².